The summed E-state index contributed by atoms with van der Waals surface area (Å²) >= 11 is 0. The van der Waals surface area contributed by atoms with E-state index in [0.29, 0.717) is 30.5 Å². The van der Waals surface area contributed by atoms with E-state index in [1.165, 1.54) is 97.7 Å². The summed E-state index contributed by atoms with van der Waals surface area (Å²) in [5, 5.41) is 110. The highest BCUT2D eigenvalue weighted by Crippen LogP contribution is 2.60. The zero-order chi connectivity index (χ0) is 106. The number of carboxylic acids is 4. The summed E-state index contributed by atoms with van der Waals surface area (Å²) in [4.78, 5) is 69.5. The molecule has 0 spiro atoms. The van der Waals surface area contributed by atoms with Crippen molar-refractivity contribution in [2.75, 3.05) is 0 Å². The number of hydrogen-bond donors (Lipinski definition) is 7. The molecule has 3 fully saturated rings. The molecule has 17 rings (SSSR count). The molecule has 14 aromatic rings. The van der Waals surface area contributed by atoms with Crippen molar-refractivity contribution in [2.24, 2.45) is 17.8 Å². The van der Waals surface area contributed by atoms with Crippen LogP contribution >= 0.6 is 0 Å². The fourth-order valence-corrected chi connectivity index (χ4v) is 25.6. The zero-order valence-corrected chi connectivity index (χ0v) is 82.9. The second-order valence-corrected chi connectivity index (χ2v) is 44.1. The predicted octanol–water partition coefficient (Wildman–Crippen LogP) is 18.6. The second-order valence-electron chi connectivity index (χ2n) is 36.0. The predicted molar refractivity (Wildman–Crippen MR) is 532 cm³/mol. The molecule has 30 heteroatoms. The molecule has 0 radical (unpaired) electrons. The van der Waals surface area contributed by atoms with Crippen LogP contribution in [0.25, 0.3) is 10.8 Å². The number of benzene rings is 14. The van der Waals surface area contributed by atoms with Gasteiger partial charge in [0.2, 0.25) is 0 Å². The maximum absolute atomic E-state index is 13.0. The number of rotatable bonds is 27. The Morgan fingerprint density at radius 3 is 0.807 bits per heavy atom. The fraction of sp³-hybridized carbons (Fsp3) is 0.243. The number of carboxylic acid groups (broad SMARTS) is 4. The minimum Gasteiger partial charge on any atom is -0.550 e. The van der Waals surface area contributed by atoms with Crippen molar-refractivity contribution in [1.29, 1.82) is 0 Å². The van der Waals surface area contributed by atoms with E-state index >= 15 is 0 Å². The fourth-order valence-electron chi connectivity index (χ4n) is 17.2. The zero-order valence-electron chi connectivity index (χ0n) is 79.6. The van der Waals surface area contributed by atoms with E-state index in [-0.39, 0.29) is 73.7 Å². The highest BCUT2D eigenvalue weighted by Gasteiger charge is 2.72. The number of aliphatic carboxylic acids is 4. The van der Waals surface area contributed by atoms with Gasteiger partial charge in [-0.2, -0.15) is 39.5 Å². The lowest BCUT2D eigenvalue weighted by molar-refractivity contribution is -0.380. The quantitative estimate of drug-likeness (QED) is 0.0143. The highest BCUT2D eigenvalue weighted by molar-refractivity contribution is 7.98. The molecule has 760 valence electrons. The van der Waals surface area contributed by atoms with Crippen LogP contribution in [0.5, 0.6) is 0 Å². The number of fused-ring (bicyclic) bond motifs is 2. The van der Waals surface area contributed by atoms with Crippen LogP contribution in [0.3, 0.4) is 0 Å². The first-order valence-corrected chi connectivity index (χ1v) is 50.8. The van der Waals surface area contributed by atoms with Gasteiger partial charge in [-0.1, -0.05) is 255 Å². The number of carbonyl (C=O) groups is 5. The van der Waals surface area contributed by atoms with Crippen molar-refractivity contribution in [1.82, 2.24) is 0 Å². The molecular weight excluding hydrogens is 1950 g/mol. The molecule has 2 bridgehead atoms. The van der Waals surface area contributed by atoms with Crippen molar-refractivity contribution >= 4 is 84.2 Å². The van der Waals surface area contributed by atoms with Crippen LogP contribution in [0.1, 0.15) is 98.0 Å². The Bertz CT molecular complexity index is 5500. The molecule has 17 nitrogen and oxygen atoms in total. The summed E-state index contributed by atoms with van der Waals surface area (Å²) in [6.07, 6.45) is -23.6. The Labute approximate surface area is 847 Å². The van der Waals surface area contributed by atoms with E-state index in [9.17, 15) is 115 Å². The van der Waals surface area contributed by atoms with E-state index in [4.69, 9.17) is 9.84 Å². The van der Waals surface area contributed by atoms with Gasteiger partial charge in [0.05, 0.1) is 71.9 Å². The molecule has 14 aromatic carbocycles. The summed E-state index contributed by atoms with van der Waals surface area (Å²) in [5.74, 6) is -6.86. The number of ether oxygens (including phenoxy) is 1. The van der Waals surface area contributed by atoms with Gasteiger partial charge >= 0.3 is 24.5 Å². The number of carbonyl (C=O) groups excluding carboxylic acids is 5. The van der Waals surface area contributed by atoms with Crippen LogP contribution < -0.4 is 20.4 Å². The smallest absolute Gasteiger partial charge is 0.426 e. The topological polar surface area (TPSA) is 328 Å². The summed E-state index contributed by atoms with van der Waals surface area (Å²) < 4.78 is 120. The molecule has 1 heterocycles. The third kappa shape index (κ3) is 32.8. The van der Waals surface area contributed by atoms with Gasteiger partial charge < -0.3 is 80.1 Å². The average Bonchev–Trinajstić information content (AvgIpc) is 1.54. The molecular formula is C115H111F9O17S4. The molecule has 7 N–H and O–H groups in total. The van der Waals surface area contributed by atoms with E-state index in [1.54, 1.807) is 12.1 Å². The normalized spacial score (nSPS) is 17.2. The lowest BCUT2D eigenvalue weighted by atomic mass is 9.77. The molecule has 0 amide bonds. The average molecular weight is 2060 g/mol. The Kier molecular flexibility index (Phi) is 40.4. The Morgan fingerprint density at radius 2 is 0.572 bits per heavy atom. The summed E-state index contributed by atoms with van der Waals surface area (Å²) in [6, 6.07) is 138. The number of esters is 1. The van der Waals surface area contributed by atoms with Gasteiger partial charge in [0.1, 0.15) is 11.7 Å². The number of hydrogen-bond acceptors (Lipinski definition) is 17. The van der Waals surface area contributed by atoms with Crippen molar-refractivity contribution in [3.05, 3.63) is 412 Å². The lowest BCUT2D eigenvalue weighted by Gasteiger charge is -2.39. The third-order valence-corrected chi connectivity index (χ3v) is 32.3. The number of halogens is 9. The van der Waals surface area contributed by atoms with Gasteiger partial charge in [0, 0.05) is 74.7 Å². The minimum atomic E-state index is -6.21. The van der Waals surface area contributed by atoms with Crippen LogP contribution in [-0.2, 0) is 77.9 Å². The molecule has 2 saturated carbocycles. The first kappa shape index (κ1) is 114. The van der Waals surface area contributed by atoms with Crippen LogP contribution in [0, 0.1) is 17.8 Å². The van der Waals surface area contributed by atoms with Crippen molar-refractivity contribution in [2.45, 2.75) is 215 Å². The third-order valence-electron chi connectivity index (χ3n) is 23.3. The molecule has 2 aliphatic carbocycles. The van der Waals surface area contributed by atoms with Gasteiger partial charge in [-0.3, -0.25) is 4.79 Å². The van der Waals surface area contributed by atoms with Gasteiger partial charge in [-0.15, -0.1) is 0 Å². The highest BCUT2D eigenvalue weighted by atomic mass is 32.2. The largest absolute Gasteiger partial charge is 0.550 e. The van der Waals surface area contributed by atoms with E-state index in [2.05, 4.69) is 364 Å². The number of alkyl halides is 9. The first-order chi connectivity index (χ1) is 68.5. The van der Waals surface area contributed by atoms with Crippen molar-refractivity contribution < 1.29 is 124 Å². The minimum absolute atomic E-state index is 0.00792. The van der Waals surface area contributed by atoms with Crippen LogP contribution in [0.2, 0.25) is 0 Å². The van der Waals surface area contributed by atoms with E-state index in [1.807, 2.05) is 0 Å². The SMILES string of the molecule is CC(C)(O)CC(C)(O)CC(=O)[O-].CC(O)(CC(=O)[O-])CC(C)(O)C(F)(F)F.O=C([O-])CC(O)(CC(O)(C(F)(F)F)C(F)(F)F)c1ccc2ccccc2c1.O=C([O-])CC1(O)C2CC3C(=O)OC1C3C2.c1ccc([S+](c2ccccc2)c2ccccc2)cc1.c1ccc([S+](c2ccccc2)c2ccccc2)cc1.c1ccc([S+](c2ccccc2)c2ccccc2)cc1.c1ccc([S+](c2ccccc2)c2ccccc2)cc1. The van der Waals surface area contributed by atoms with E-state index in [0.717, 1.165) is 19.1 Å². The van der Waals surface area contributed by atoms with Gasteiger partial charge in [0.15, 0.2) is 64.3 Å². The molecule has 9 atom stereocenters. The van der Waals surface area contributed by atoms with Crippen molar-refractivity contribution in [3.8, 4) is 0 Å². The van der Waals surface area contributed by atoms with Crippen molar-refractivity contribution in [3.63, 3.8) is 0 Å². The summed E-state index contributed by atoms with van der Waals surface area (Å²) in [5.41, 5.74) is -18.2. The molecule has 1 saturated heterocycles. The van der Waals surface area contributed by atoms with Gasteiger partial charge in [0.25, 0.3) is 5.60 Å². The molecule has 9 unspecified atom stereocenters. The monoisotopic (exact) mass is 2060 g/mol. The standard InChI is InChI=1S/4C18H15S.C17H14F6O4.C10H12O5.C8H13F3O4.C8H16O4/c4*1-4-10-16(11-5-1)19(17-12-6-2-7-13-17)18-14-8-3-9-15-18;18-16(19,20)15(27,17(21,22)23)9-14(26,8-13(24)25)12-6-5-10-3-1-2-4-11(10)7-12;11-7(12)3-10(14)4-1-5-6(2-4)9(13)15-8(5)10;1-6(14,3-5(12)13)4-7(2,15)8(9,10)11;1-7(2,11)5-8(3,12)4-6(9)10/h4*1-15H;1-7,26-27H,8-9H2,(H,24,25);4-6,8,14H,1-3H2,(H,11,12);14-15H,3-4H2,1-2H3,(H,12,13);11-12H,4-5H2,1-3H3,(H,9,10)/q4*+1;;;;/p-4. The maximum Gasteiger partial charge on any atom is 0.426 e. The summed E-state index contributed by atoms with van der Waals surface area (Å²) in [7, 11) is -0.0585. The van der Waals surface area contributed by atoms with Crippen LogP contribution in [0.15, 0.2) is 465 Å². The Balaban J connectivity index is 0.000000172. The first-order valence-electron chi connectivity index (χ1n) is 45.9. The van der Waals surface area contributed by atoms with Crippen LogP contribution in [0.4, 0.5) is 39.5 Å². The molecule has 1 aliphatic heterocycles. The van der Waals surface area contributed by atoms with Crippen LogP contribution in [-0.4, -0.2) is 124 Å². The Morgan fingerprint density at radius 1 is 0.324 bits per heavy atom. The van der Waals surface area contributed by atoms with Gasteiger partial charge in [-0.25, -0.2) is 0 Å². The number of aliphatic hydroxyl groups is 7. The maximum atomic E-state index is 13.0. The van der Waals surface area contributed by atoms with Gasteiger partial charge in [-0.05, 0) is 221 Å². The molecule has 145 heavy (non-hydrogen) atoms. The summed E-state index contributed by atoms with van der Waals surface area (Å²) in [6.45, 7) is 5.74. The Hall–Kier alpha value is -12.8. The second kappa shape index (κ2) is 51.3. The molecule has 3 aliphatic rings. The lowest BCUT2D eigenvalue weighted by Crippen LogP contribution is -2.60. The van der Waals surface area contributed by atoms with E-state index < -0.39 is 132 Å². The molecule has 0 aromatic heterocycles.